The molecule has 0 aromatic heterocycles. The summed E-state index contributed by atoms with van der Waals surface area (Å²) >= 11 is 0. The molecule has 1 amide bonds. The van der Waals surface area contributed by atoms with Crippen LogP contribution in [0.25, 0.3) is 0 Å². The average Bonchev–Trinajstić information content (AvgIpc) is 2.77. The van der Waals surface area contributed by atoms with Gasteiger partial charge in [-0.2, -0.15) is 0 Å². The molecule has 4 nitrogen and oxygen atoms in total. The third kappa shape index (κ3) is 3.32. The van der Waals surface area contributed by atoms with E-state index in [1.807, 2.05) is 24.3 Å². The van der Waals surface area contributed by atoms with Crippen molar-refractivity contribution in [1.82, 2.24) is 9.80 Å². The quantitative estimate of drug-likeness (QED) is 0.683. The SMILES string of the molecule is CC1(C)C(OC(=O)N2CCc3ccccc3[C@H]2c2cccc(F)c2F)C2CCN1CC2. The lowest BCUT2D eigenvalue weighted by atomic mass is 9.74. The van der Waals surface area contributed by atoms with Crippen molar-refractivity contribution in [3.05, 3.63) is 70.8 Å². The van der Waals surface area contributed by atoms with E-state index in [0.29, 0.717) is 18.9 Å². The second-order valence-corrected chi connectivity index (χ2v) is 9.47. The molecule has 0 N–H and O–H groups in total. The number of hydrogen-bond donors (Lipinski definition) is 0. The molecule has 6 rings (SSSR count). The molecule has 2 bridgehead atoms. The second kappa shape index (κ2) is 7.59. The molecule has 0 spiro atoms. The lowest BCUT2D eigenvalue weighted by molar-refractivity contribution is -0.126. The molecule has 31 heavy (non-hydrogen) atoms. The molecule has 0 aliphatic carbocycles. The molecule has 2 aromatic rings. The number of nitrogens with zero attached hydrogens (tertiary/aromatic N) is 2. The Morgan fingerprint density at radius 3 is 2.45 bits per heavy atom. The third-order valence-corrected chi connectivity index (χ3v) is 7.50. The first-order valence-electron chi connectivity index (χ1n) is 11.1. The molecule has 164 valence electrons. The molecule has 3 saturated heterocycles. The zero-order valence-corrected chi connectivity index (χ0v) is 18.0. The summed E-state index contributed by atoms with van der Waals surface area (Å²) in [5, 5.41) is 0. The summed E-state index contributed by atoms with van der Waals surface area (Å²) in [6.45, 7) is 6.72. The lowest BCUT2D eigenvalue weighted by Crippen LogP contribution is -2.65. The topological polar surface area (TPSA) is 32.8 Å². The van der Waals surface area contributed by atoms with E-state index in [4.69, 9.17) is 4.74 Å². The van der Waals surface area contributed by atoms with Crippen LogP contribution in [-0.4, -0.2) is 47.2 Å². The minimum absolute atomic E-state index is 0.164. The smallest absolute Gasteiger partial charge is 0.410 e. The molecule has 0 saturated carbocycles. The van der Waals surface area contributed by atoms with Crippen LogP contribution >= 0.6 is 0 Å². The molecule has 3 fully saturated rings. The Bertz CT molecular complexity index is 1000. The predicted octanol–water partition coefficient (Wildman–Crippen LogP) is 4.92. The minimum atomic E-state index is -0.912. The van der Waals surface area contributed by atoms with Crippen molar-refractivity contribution in [3.63, 3.8) is 0 Å². The summed E-state index contributed by atoms with van der Waals surface area (Å²) in [5.41, 5.74) is 1.80. The Labute approximate surface area is 181 Å². The van der Waals surface area contributed by atoms with E-state index in [0.717, 1.165) is 43.1 Å². The molecule has 6 heteroatoms. The van der Waals surface area contributed by atoms with Gasteiger partial charge < -0.3 is 4.74 Å². The standard InChI is InChI=1S/C25H28F2N2O2/c1-25(2)23(17-10-13-28(25)14-11-17)31-24(30)29-15-12-16-6-3-4-7-18(16)22(29)19-8-5-9-20(26)21(19)27/h3-9,17,22-23H,10-15H2,1-2H3/t22-,23?/m0/s1. The van der Waals surface area contributed by atoms with Crippen molar-refractivity contribution in [1.29, 1.82) is 0 Å². The van der Waals surface area contributed by atoms with Crippen molar-refractivity contribution in [2.24, 2.45) is 5.92 Å². The van der Waals surface area contributed by atoms with Crippen molar-refractivity contribution in [2.75, 3.05) is 19.6 Å². The van der Waals surface area contributed by atoms with E-state index in [1.165, 1.54) is 6.07 Å². The molecular formula is C25H28F2N2O2. The van der Waals surface area contributed by atoms with Gasteiger partial charge in [-0.25, -0.2) is 13.6 Å². The summed E-state index contributed by atoms with van der Waals surface area (Å²) in [6, 6.07) is 11.1. The monoisotopic (exact) mass is 426 g/mol. The highest BCUT2D eigenvalue weighted by Gasteiger charge is 2.50. The predicted molar refractivity (Wildman–Crippen MR) is 114 cm³/mol. The van der Waals surface area contributed by atoms with Gasteiger partial charge in [-0.15, -0.1) is 0 Å². The fourth-order valence-corrected chi connectivity index (χ4v) is 5.78. The van der Waals surface area contributed by atoms with Crippen LogP contribution in [0.4, 0.5) is 13.6 Å². The fourth-order valence-electron chi connectivity index (χ4n) is 5.78. The first-order valence-corrected chi connectivity index (χ1v) is 11.1. The third-order valence-electron chi connectivity index (χ3n) is 7.50. The summed E-state index contributed by atoms with van der Waals surface area (Å²) in [4.78, 5) is 17.5. The van der Waals surface area contributed by atoms with Gasteiger partial charge in [0.25, 0.3) is 0 Å². The number of amides is 1. The van der Waals surface area contributed by atoms with Crippen molar-refractivity contribution < 1.29 is 18.3 Å². The summed E-state index contributed by atoms with van der Waals surface area (Å²) in [5.74, 6) is -1.48. The van der Waals surface area contributed by atoms with Gasteiger partial charge in [0.1, 0.15) is 6.10 Å². The van der Waals surface area contributed by atoms with E-state index in [1.54, 1.807) is 11.0 Å². The van der Waals surface area contributed by atoms with Gasteiger partial charge in [-0.05, 0) is 63.4 Å². The molecule has 4 aliphatic heterocycles. The number of fused-ring (bicyclic) bond motifs is 4. The van der Waals surface area contributed by atoms with E-state index < -0.39 is 23.8 Å². The van der Waals surface area contributed by atoms with Crippen molar-refractivity contribution in [3.8, 4) is 0 Å². The van der Waals surface area contributed by atoms with Gasteiger partial charge in [0.2, 0.25) is 0 Å². The van der Waals surface area contributed by atoms with Crippen molar-refractivity contribution >= 4 is 6.09 Å². The van der Waals surface area contributed by atoms with E-state index >= 15 is 0 Å². The zero-order valence-electron chi connectivity index (χ0n) is 18.0. The Morgan fingerprint density at radius 2 is 1.71 bits per heavy atom. The second-order valence-electron chi connectivity index (χ2n) is 9.47. The molecule has 4 aliphatic rings. The maximum absolute atomic E-state index is 14.9. The number of benzene rings is 2. The van der Waals surface area contributed by atoms with Crippen LogP contribution < -0.4 is 0 Å². The Hall–Kier alpha value is -2.47. The number of hydrogen-bond acceptors (Lipinski definition) is 3. The average molecular weight is 427 g/mol. The van der Waals surface area contributed by atoms with Crippen LogP contribution in [0.3, 0.4) is 0 Å². The van der Waals surface area contributed by atoms with E-state index in [2.05, 4.69) is 18.7 Å². The molecule has 2 aromatic carbocycles. The molecule has 0 radical (unpaired) electrons. The summed E-state index contributed by atoms with van der Waals surface area (Å²) in [7, 11) is 0. The highest BCUT2D eigenvalue weighted by atomic mass is 19.2. The van der Waals surface area contributed by atoms with Crippen LogP contribution in [0.2, 0.25) is 0 Å². The Kier molecular flexibility index (Phi) is 5.00. The van der Waals surface area contributed by atoms with Gasteiger partial charge in [-0.3, -0.25) is 9.80 Å². The highest BCUT2D eigenvalue weighted by Crippen LogP contribution is 2.42. The van der Waals surface area contributed by atoms with Crippen LogP contribution in [0.1, 0.15) is 49.4 Å². The zero-order chi connectivity index (χ0) is 21.8. The number of ether oxygens (including phenoxy) is 1. The normalized spacial score (nSPS) is 28.8. The molecular weight excluding hydrogens is 398 g/mol. The first-order chi connectivity index (χ1) is 14.9. The van der Waals surface area contributed by atoms with Gasteiger partial charge >= 0.3 is 6.09 Å². The number of carbonyl (C=O) groups is 1. The van der Waals surface area contributed by atoms with Crippen LogP contribution in [0.15, 0.2) is 42.5 Å². The maximum atomic E-state index is 14.9. The summed E-state index contributed by atoms with van der Waals surface area (Å²) < 4.78 is 35.1. The summed E-state index contributed by atoms with van der Waals surface area (Å²) in [6.07, 6.45) is 2.04. The van der Waals surface area contributed by atoms with Crippen molar-refractivity contribution in [2.45, 2.75) is 50.8 Å². The number of halogens is 2. The fraction of sp³-hybridized carbons (Fsp3) is 0.480. The minimum Gasteiger partial charge on any atom is -0.444 e. The van der Waals surface area contributed by atoms with Crippen LogP contribution in [0.5, 0.6) is 0 Å². The van der Waals surface area contributed by atoms with Crippen LogP contribution in [-0.2, 0) is 11.2 Å². The lowest BCUT2D eigenvalue weighted by Gasteiger charge is -2.55. The first kappa shape index (κ1) is 20.4. The number of piperidine rings is 3. The van der Waals surface area contributed by atoms with Gasteiger partial charge in [0.05, 0.1) is 11.6 Å². The molecule has 1 unspecified atom stereocenters. The Morgan fingerprint density at radius 1 is 1.00 bits per heavy atom. The molecule has 2 atom stereocenters. The number of rotatable bonds is 2. The number of carbonyl (C=O) groups excluding carboxylic acids is 1. The largest absolute Gasteiger partial charge is 0.444 e. The molecule has 4 heterocycles. The van der Waals surface area contributed by atoms with Gasteiger partial charge in [0, 0.05) is 18.0 Å². The van der Waals surface area contributed by atoms with Gasteiger partial charge in [-0.1, -0.05) is 36.4 Å². The maximum Gasteiger partial charge on any atom is 0.410 e. The highest BCUT2D eigenvalue weighted by molar-refractivity contribution is 5.70. The van der Waals surface area contributed by atoms with E-state index in [-0.39, 0.29) is 17.2 Å². The Balaban J connectivity index is 1.50. The van der Waals surface area contributed by atoms with Gasteiger partial charge in [0.15, 0.2) is 11.6 Å². The van der Waals surface area contributed by atoms with Crippen LogP contribution in [0, 0.1) is 17.6 Å². The van der Waals surface area contributed by atoms with E-state index in [9.17, 15) is 13.6 Å².